The third-order valence-electron chi connectivity index (χ3n) is 1.69. The molecule has 0 amide bonds. The van der Waals surface area contributed by atoms with E-state index in [0.29, 0.717) is 5.69 Å². The number of sulfonamides is 1. The predicted molar refractivity (Wildman–Crippen MR) is 57.1 cm³/mol. The summed E-state index contributed by atoms with van der Waals surface area (Å²) in [6.07, 6.45) is 0. The summed E-state index contributed by atoms with van der Waals surface area (Å²) in [7, 11) is -3.74. The molecule has 1 N–H and O–H groups in total. The first kappa shape index (κ1) is 13.1. The second-order valence-electron chi connectivity index (χ2n) is 4.45. The van der Waals surface area contributed by atoms with Crippen LogP contribution in [0.4, 0.5) is 0 Å². The highest BCUT2D eigenvalue weighted by Gasteiger charge is 2.26. The first-order valence-corrected chi connectivity index (χ1v) is 6.24. The maximum absolute atomic E-state index is 11.8. The molecular formula is C9H16N2O4S. The van der Waals surface area contributed by atoms with Crippen molar-refractivity contribution in [2.24, 2.45) is 0 Å². The van der Waals surface area contributed by atoms with Gasteiger partial charge in [0, 0.05) is 0 Å². The van der Waals surface area contributed by atoms with Crippen molar-refractivity contribution in [2.75, 3.05) is 0 Å². The van der Waals surface area contributed by atoms with E-state index in [0.717, 1.165) is 0 Å². The molecule has 0 atom stereocenters. The lowest BCUT2D eigenvalue weighted by molar-refractivity contribution is -0.0358. The molecule has 7 heteroatoms. The van der Waals surface area contributed by atoms with Gasteiger partial charge in [0.1, 0.15) is 10.6 Å². The van der Waals surface area contributed by atoms with Crippen LogP contribution in [0.1, 0.15) is 32.2 Å². The van der Waals surface area contributed by atoms with E-state index in [2.05, 4.69) is 10.0 Å². The van der Waals surface area contributed by atoms with Crippen LogP contribution in [0.5, 0.6) is 0 Å². The Balaban J connectivity index is 2.96. The summed E-state index contributed by atoms with van der Waals surface area (Å²) in [6.45, 7) is 8.31. The van der Waals surface area contributed by atoms with Crippen LogP contribution in [-0.4, -0.2) is 19.2 Å². The highest BCUT2D eigenvalue weighted by molar-refractivity contribution is 7.89. The largest absolute Gasteiger partial charge is 0.360 e. The Morgan fingerprint density at radius 3 is 2.25 bits per heavy atom. The summed E-state index contributed by atoms with van der Waals surface area (Å²) in [6, 6.07) is 0. The zero-order chi connectivity index (χ0) is 12.6. The molecule has 0 bridgehead atoms. The molecule has 1 rings (SSSR count). The van der Waals surface area contributed by atoms with Gasteiger partial charge in [0.15, 0.2) is 5.76 Å². The minimum absolute atomic E-state index is 0.0248. The summed E-state index contributed by atoms with van der Waals surface area (Å²) in [4.78, 5) is 7.10. The van der Waals surface area contributed by atoms with E-state index < -0.39 is 15.6 Å². The minimum Gasteiger partial charge on any atom is -0.360 e. The average molecular weight is 248 g/mol. The molecule has 0 fully saturated rings. The molecular weight excluding hydrogens is 232 g/mol. The van der Waals surface area contributed by atoms with Crippen LogP contribution >= 0.6 is 0 Å². The van der Waals surface area contributed by atoms with Gasteiger partial charge in [-0.05, 0) is 34.6 Å². The van der Waals surface area contributed by atoms with Crippen LogP contribution in [-0.2, 0) is 14.9 Å². The highest BCUT2D eigenvalue weighted by Crippen LogP contribution is 2.19. The van der Waals surface area contributed by atoms with Gasteiger partial charge in [0.05, 0.1) is 5.60 Å². The molecule has 0 radical (unpaired) electrons. The first-order chi connectivity index (χ1) is 7.13. The molecule has 0 aliphatic carbocycles. The van der Waals surface area contributed by atoms with Gasteiger partial charge in [0.2, 0.25) is 0 Å². The van der Waals surface area contributed by atoms with Gasteiger partial charge in [-0.25, -0.2) is 8.42 Å². The zero-order valence-corrected chi connectivity index (χ0v) is 10.8. The van der Waals surface area contributed by atoms with E-state index in [-0.39, 0.29) is 10.7 Å². The Morgan fingerprint density at radius 2 is 1.88 bits per heavy atom. The van der Waals surface area contributed by atoms with Gasteiger partial charge in [-0.3, -0.25) is 4.84 Å². The van der Waals surface area contributed by atoms with Crippen molar-refractivity contribution >= 4 is 10.0 Å². The van der Waals surface area contributed by atoms with Crippen molar-refractivity contribution in [3.05, 3.63) is 11.5 Å². The fraction of sp³-hybridized carbons (Fsp3) is 0.667. The van der Waals surface area contributed by atoms with Crippen LogP contribution in [0.15, 0.2) is 9.42 Å². The number of nitrogens with zero attached hydrogens (tertiary/aromatic N) is 1. The van der Waals surface area contributed by atoms with E-state index in [1.165, 1.54) is 6.92 Å². The number of aryl methyl sites for hydroxylation is 2. The van der Waals surface area contributed by atoms with Crippen molar-refractivity contribution in [3.8, 4) is 0 Å². The molecule has 1 heterocycles. The average Bonchev–Trinajstić information content (AvgIpc) is 2.42. The third kappa shape index (κ3) is 3.03. The summed E-state index contributed by atoms with van der Waals surface area (Å²) < 4.78 is 28.5. The van der Waals surface area contributed by atoms with E-state index in [1.54, 1.807) is 27.7 Å². The van der Waals surface area contributed by atoms with Gasteiger partial charge in [0.25, 0.3) is 10.0 Å². The molecule has 0 saturated heterocycles. The maximum Gasteiger partial charge on any atom is 0.267 e. The molecule has 1 aromatic heterocycles. The van der Waals surface area contributed by atoms with Gasteiger partial charge < -0.3 is 4.52 Å². The van der Waals surface area contributed by atoms with Crippen LogP contribution in [0.2, 0.25) is 0 Å². The van der Waals surface area contributed by atoms with E-state index in [1.807, 2.05) is 0 Å². The van der Waals surface area contributed by atoms with Crippen LogP contribution < -0.4 is 4.89 Å². The van der Waals surface area contributed by atoms with Crippen molar-refractivity contribution < 1.29 is 17.8 Å². The Hall–Kier alpha value is -0.920. The number of hydrogen-bond donors (Lipinski definition) is 1. The molecule has 0 aromatic carbocycles. The lowest BCUT2D eigenvalue weighted by Gasteiger charge is -2.18. The van der Waals surface area contributed by atoms with E-state index in [9.17, 15) is 8.42 Å². The summed E-state index contributed by atoms with van der Waals surface area (Å²) >= 11 is 0. The van der Waals surface area contributed by atoms with Gasteiger partial charge >= 0.3 is 0 Å². The minimum atomic E-state index is -3.74. The van der Waals surface area contributed by atoms with Gasteiger partial charge in [-0.1, -0.05) is 10.0 Å². The van der Waals surface area contributed by atoms with Crippen molar-refractivity contribution in [3.63, 3.8) is 0 Å². The topological polar surface area (TPSA) is 81.4 Å². The SMILES string of the molecule is Cc1noc(C)c1S(=O)(=O)NOC(C)(C)C. The molecule has 0 spiro atoms. The first-order valence-electron chi connectivity index (χ1n) is 4.76. The monoisotopic (exact) mass is 248 g/mol. The van der Waals surface area contributed by atoms with E-state index >= 15 is 0 Å². The molecule has 6 nitrogen and oxygen atoms in total. The number of nitrogens with one attached hydrogen (secondary N) is 1. The molecule has 0 aliphatic rings. The Labute approximate surface area is 95.0 Å². The van der Waals surface area contributed by atoms with Crippen LogP contribution in [0.3, 0.4) is 0 Å². The fourth-order valence-electron chi connectivity index (χ4n) is 1.08. The highest BCUT2D eigenvalue weighted by atomic mass is 32.2. The Morgan fingerprint density at radius 1 is 1.31 bits per heavy atom. The van der Waals surface area contributed by atoms with Gasteiger partial charge in [-0.15, -0.1) is 0 Å². The van der Waals surface area contributed by atoms with Gasteiger partial charge in [-0.2, -0.15) is 0 Å². The molecule has 1 aromatic rings. The lowest BCUT2D eigenvalue weighted by atomic mass is 10.2. The lowest BCUT2D eigenvalue weighted by Crippen LogP contribution is -2.34. The van der Waals surface area contributed by atoms with Crippen molar-refractivity contribution in [2.45, 2.75) is 45.1 Å². The number of aromatic nitrogens is 1. The summed E-state index contributed by atoms with van der Waals surface area (Å²) in [5.41, 5.74) is -0.297. The molecule has 92 valence electrons. The fourth-order valence-corrected chi connectivity index (χ4v) is 2.36. The molecule has 0 aliphatic heterocycles. The normalized spacial score (nSPS) is 13.1. The predicted octanol–water partition coefficient (Wildman–Crippen LogP) is 1.30. The van der Waals surface area contributed by atoms with Crippen molar-refractivity contribution in [1.29, 1.82) is 0 Å². The number of hydrogen-bond acceptors (Lipinski definition) is 5. The van der Waals surface area contributed by atoms with Crippen LogP contribution in [0, 0.1) is 13.8 Å². The number of rotatable bonds is 3. The molecule has 16 heavy (non-hydrogen) atoms. The second kappa shape index (κ2) is 4.15. The molecule has 0 unspecified atom stereocenters. The standard InChI is InChI=1S/C9H16N2O4S/c1-6-8(7(2)14-10-6)16(12,13)11-15-9(3,4)5/h11H,1-5H3. The third-order valence-corrected chi connectivity index (χ3v) is 3.12. The zero-order valence-electron chi connectivity index (χ0n) is 9.99. The summed E-state index contributed by atoms with van der Waals surface area (Å²) in [5, 5.41) is 3.58. The molecule has 0 saturated carbocycles. The Bertz CT molecular complexity index is 451. The summed E-state index contributed by atoms with van der Waals surface area (Å²) in [5.74, 6) is 0.238. The Kier molecular flexibility index (Phi) is 3.41. The van der Waals surface area contributed by atoms with Crippen LogP contribution in [0.25, 0.3) is 0 Å². The van der Waals surface area contributed by atoms with Crippen molar-refractivity contribution in [1.82, 2.24) is 10.0 Å². The maximum atomic E-state index is 11.8. The quantitative estimate of drug-likeness (QED) is 0.815. The second-order valence-corrected chi connectivity index (χ2v) is 6.04. The van der Waals surface area contributed by atoms with E-state index in [4.69, 9.17) is 9.36 Å². The smallest absolute Gasteiger partial charge is 0.267 e.